The quantitative estimate of drug-likeness (QED) is 0.112. The van der Waals surface area contributed by atoms with Crippen LogP contribution >= 0.6 is 0 Å². The number of ether oxygens (including phenoxy) is 4. The molecule has 4 aliphatic heterocycles. The van der Waals surface area contributed by atoms with E-state index in [0.717, 1.165) is 81.0 Å². The number of rotatable bonds is 13. The fourth-order valence-electron chi connectivity index (χ4n) is 9.49. The summed E-state index contributed by atoms with van der Waals surface area (Å²) in [6, 6.07) is 7.64. The smallest absolute Gasteiger partial charge is 0.416 e. The van der Waals surface area contributed by atoms with Crippen molar-refractivity contribution in [2.75, 3.05) is 44.9 Å². The van der Waals surface area contributed by atoms with E-state index in [-0.39, 0.29) is 34.9 Å². The van der Waals surface area contributed by atoms with E-state index in [2.05, 4.69) is 45.3 Å². The lowest BCUT2D eigenvalue weighted by Crippen LogP contribution is -2.58. The van der Waals surface area contributed by atoms with Crippen molar-refractivity contribution in [3.63, 3.8) is 0 Å². The number of benzene rings is 2. The number of fused-ring (bicyclic) bond motifs is 4. The molecule has 2 saturated carbocycles. The molecule has 12 heteroatoms. The van der Waals surface area contributed by atoms with Crippen molar-refractivity contribution >= 4 is 31.9 Å². The molecule has 2 aliphatic carbocycles. The van der Waals surface area contributed by atoms with Gasteiger partial charge in [-0.1, -0.05) is 33.4 Å². The van der Waals surface area contributed by atoms with Crippen LogP contribution < -0.4 is 19.1 Å². The monoisotopic (exact) mass is 813 g/mol. The lowest BCUT2D eigenvalue weighted by atomic mass is 9.97. The average molecular weight is 814 g/mol. The van der Waals surface area contributed by atoms with Crippen LogP contribution in [0.25, 0.3) is 0 Å². The lowest BCUT2D eigenvalue weighted by molar-refractivity contribution is 0.0528. The van der Waals surface area contributed by atoms with E-state index in [9.17, 15) is 14.4 Å². The van der Waals surface area contributed by atoms with Gasteiger partial charge in [0.15, 0.2) is 26.0 Å². The van der Waals surface area contributed by atoms with Crippen LogP contribution in [-0.2, 0) is 15.6 Å². The number of nitrogens with zero attached hydrogens (tertiary/aromatic N) is 3. The Hall–Kier alpha value is -4.03. The predicted octanol–water partition coefficient (Wildman–Crippen LogP) is 9.06. The molecule has 4 heterocycles. The van der Waals surface area contributed by atoms with E-state index in [1.165, 1.54) is 12.8 Å². The first-order valence-corrected chi connectivity index (χ1v) is 24.5. The van der Waals surface area contributed by atoms with Crippen molar-refractivity contribution in [3.8, 4) is 17.2 Å². The number of carbonyl (C=O) groups is 3. The Morgan fingerprint density at radius 1 is 0.879 bits per heavy atom. The zero-order chi connectivity index (χ0) is 41.2. The highest BCUT2D eigenvalue weighted by Gasteiger charge is 2.60. The Morgan fingerprint density at radius 3 is 2.19 bits per heavy atom. The third-order valence-electron chi connectivity index (χ3n) is 14.4. The Morgan fingerprint density at radius 2 is 1.53 bits per heavy atom. The molecule has 4 fully saturated rings. The van der Waals surface area contributed by atoms with Crippen LogP contribution in [0.4, 0.5) is 10.5 Å². The number of methoxy groups -OCH3 is 1. The summed E-state index contributed by atoms with van der Waals surface area (Å²) in [6.07, 6.45) is 11.2. The van der Waals surface area contributed by atoms with Gasteiger partial charge in [0, 0.05) is 30.8 Å². The van der Waals surface area contributed by atoms with E-state index >= 15 is 0 Å². The minimum Gasteiger partial charge on any atom is -0.493 e. The normalized spacial score (nSPS) is 23.8. The molecule has 0 radical (unpaired) electrons. The molecule has 2 saturated heterocycles. The molecule has 6 aliphatic rings. The van der Waals surface area contributed by atoms with E-state index in [1.807, 2.05) is 36.1 Å². The maximum absolute atomic E-state index is 14.5. The number of anilines is 1. The summed E-state index contributed by atoms with van der Waals surface area (Å²) in [7, 11) is -0.813. The number of unbranched alkanes of at least 4 members (excludes halogenated alkanes) is 2. The van der Waals surface area contributed by atoms with Crippen molar-refractivity contribution in [3.05, 3.63) is 59.2 Å². The molecule has 11 nitrogen and oxygen atoms in total. The number of carbonyl (C=O) groups excluding carboxylic acids is 3. The first-order valence-electron chi connectivity index (χ1n) is 21.6. The molecule has 8 rings (SSSR count). The first-order chi connectivity index (χ1) is 27.6. The maximum atomic E-state index is 14.5. The molecule has 2 aromatic rings. The second-order valence-electron chi connectivity index (χ2n) is 19.6. The molecule has 314 valence electrons. The second kappa shape index (κ2) is 15.2. The van der Waals surface area contributed by atoms with Gasteiger partial charge in [-0.25, -0.2) is 9.69 Å². The lowest BCUT2D eigenvalue weighted by Gasteiger charge is -2.44. The summed E-state index contributed by atoms with van der Waals surface area (Å²) in [5, 5.41) is -0.125. The number of aryl methyl sites for hydroxylation is 2. The summed E-state index contributed by atoms with van der Waals surface area (Å²) >= 11 is 0. The highest BCUT2D eigenvalue weighted by atomic mass is 28.4. The molecule has 2 spiro atoms. The SMILES string of the molecule is C=CCOC(=O)N1c2cc(OCCCCCOc3cc4c(cc3OC)C(=O)N3CC5(CC5)C[C@H]3CC4)c(C)cc2C(=O)N2CC3(CC3)C[C@H]2[C@@H]1O[Si](C)(C)C(C)(C)C. The predicted molar refractivity (Wildman–Crippen MR) is 226 cm³/mol. The minimum absolute atomic E-state index is 0.0429. The Balaban J connectivity index is 0.938. The second-order valence-corrected chi connectivity index (χ2v) is 24.3. The zero-order valence-corrected chi connectivity index (χ0v) is 36.7. The summed E-state index contributed by atoms with van der Waals surface area (Å²) in [5.41, 5.74) is 4.03. The molecule has 0 N–H and O–H groups in total. The molecular weight excluding hydrogens is 751 g/mol. The van der Waals surface area contributed by atoms with E-state index in [1.54, 1.807) is 18.1 Å². The fraction of sp³-hybridized carbons (Fsp3) is 0.630. The van der Waals surface area contributed by atoms with Gasteiger partial charge in [0.25, 0.3) is 11.8 Å². The highest BCUT2D eigenvalue weighted by molar-refractivity contribution is 6.74. The van der Waals surface area contributed by atoms with Crippen LogP contribution in [0, 0.1) is 17.8 Å². The zero-order valence-electron chi connectivity index (χ0n) is 35.7. The third kappa shape index (κ3) is 7.64. The van der Waals surface area contributed by atoms with E-state index in [0.29, 0.717) is 59.7 Å². The minimum atomic E-state index is -2.44. The van der Waals surface area contributed by atoms with Gasteiger partial charge < -0.3 is 33.2 Å². The van der Waals surface area contributed by atoms with Crippen molar-refractivity contribution < 1.29 is 37.8 Å². The molecule has 3 amide bonds. The average Bonchev–Trinajstić information content (AvgIpc) is 4.06. The molecule has 58 heavy (non-hydrogen) atoms. The van der Waals surface area contributed by atoms with Gasteiger partial charge in [0.2, 0.25) is 0 Å². The highest BCUT2D eigenvalue weighted by Crippen LogP contribution is 2.58. The van der Waals surface area contributed by atoms with Gasteiger partial charge in [-0.05, 0) is 136 Å². The Labute approximate surface area is 345 Å². The van der Waals surface area contributed by atoms with Gasteiger partial charge in [0.05, 0.1) is 37.6 Å². The van der Waals surface area contributed by atoms with Gasteiger partial charge in [-0.2, -0.15) is 0 Å². The van der Waals surface area contributed by atoms with Crippen LogP contribution in [0.5, 0.6) is 17.2 Å². The maximum Gasteiger partial charge on any atom is 0.416 e. The fourth-order valence-corrected chi connectivity index (χ4v) is 10.7. The largest absolute Gasteiger partial charge is 0.493 e. The molecule has 3 atom stereocenters. The summed E-state index contributed by atoms with van der Waals surface area (Å²) in [4.78, 5) is 47.9. The Kier molecular flexibility index (Phi) is 10.7. The number of hydrogen-bond acceptors (Lipinski definition) is 8. The van der Waals surface area contributed by atoms with Gasteiger partial charge in [0.1, 0.15) is 12.4 Å². The van der Waals surface area contributed by atoms with Crippen LogP contribution in [0.2, 0.25) is 18.1 Å². The van der Waals surface area contributed by atoms with Crippen LogP contribution in [0.15, 0.2) is 36.9 Å². The molecule has 0 unspecified atom stereocenters. The van der Waals surface area contributed by atoms with Crippen LogP contribution in [0.3, 0.4) is 0 Å². The van der Waals surface area contributed by atoms with Crippen molar-refractivity contribution in [1.29, 1.82) is 0 Å². The molecule has 2 aromatic carbocycles. The van der Waals surface area contributed by atoms with Gasteiger partial charge in [-0.15, -0.1) is 0 Å². The Bertz CT molecular complexity index is 1970. The van der Waals surface area contributed by atoms with Crippen molar-refractivity contribution in [2.24, 2.45) is 10.8 Å². The standard InChI is InChI=1S/C46H63N3O8Si/c1-9-19-56-43(52)49-35-25-37(30(2)22-34(35)41(51)48-29-46(17-18-46)27-36(48)42(49)57-58(7,8)44(3,4)5)54-20-11-10-12-21-55-39-23-31-13-14-32-26-45(15-16-45)28-47(32)40(50)33(31)24-38(39)53-6/h9,22-25,32,36,42H,1,10-21,26-29H2,2-8H3/t32-,36+,42+/m1/s1. The molecular formula is C46H63N3O8Si. The summed E-state index contributed by atoms with van der Waals surface area (Å²) in [6.45, 7) is 19.2. The van der Waals surface area contributed by atoms with Crippen molar-refractivity contribution in [1.82, 2.24) is 9.80 Å². The van der Waals surface area contributed by atoms with E-state index < -0.39 is 20.6 Å². The number of hydrogen-bond donors (Lipinski definition) is 0. The summed E-state index contributed by atoms with van der Waals surface area (Å²) < 4.78 is 31.3. The third-order valence-corrected chi connectivity index (χ3v) is 18.8. The summed E-state index contributed by atoms with van der Waals surface area (Å²) in [5.74, 6) is 1.95. The molecule has 0 aromatic heterocycles. The van der Waals surface area contributed by atoms with Crippen LogP contribution in [0.1, 0.15) is 117 Å². The molecule has 0 bridgehead atoms. The van der Waals surface area contributed by atoms with Crippen LogP contribution in [-0.4, -0.2) is 94.4 Å². The van der Waals surface area contributed by atoms with Crippen molar-refractivity contribution in [2.45, 2.75) is 135 Å². The first kappa shape index (κ1) is 40.7. The number of amides is 3. The van der Waals surface area contributed by atoms with Gasteiger partial charge in [-0.3, -0.25) is 9.59 Å². The van der Waals surface area contributed by atoms with E-state index in [4.69, 9.17) is 23.4 Å². The van der Waals surface area contributed by atoms with Gasteiger partial charge >= 0.3 is 6.09 Å². The topological polar surface area (TPSA) is 107 Å².